The number of rotatable bonds is 6. The summed E-state index contributed by atoms with van der Waals surface area (Å²) in [5.41, 5.74) is 0. The quantitative estimate of drug-likeness (QED) is 0.867. The molecule has 0 spiro atoms. The molecule has 1 rings (SSSR count). The van der Waals surface area contributed by atoms with Crippen molar-refractivity contribution in [3.63, 3.8) is 0 Å². The third-order valence-corrected chi connectivity index (χ3v) is 3.58. The summed E-state index contributed by atoms with van der Waals surface area (Å²) >= 11 is 3.23. The normalized spacial score (nSPS) is 13.9. The van der Waals surface area contributed by atoms with E-state index in [0.717, 1.165) is 12.2 Å². The lowest BCUT2D eigenvalue weighted by Gasteiger charge is -2.11. The second kappa shape index (κ2) is 5.84. The van der Waals surface area contributed by atoms with Crippen molar-refractivity contribution in [2.24, 2.45) is 0 Å². The highest BCUT2D eigenvalue weighted by molar-refractivity contribution is 9.10. The molecule has 16 heavy (non-hydrogen) atoms. The first-order valence-corrected chi connectivity index (χ1v) is 7.87. The molecule has 1 atom stereocenters. The minimum absolute atomic E-state index is 0.0339. The number of hydrogen-bond donors (Lipinski definition) is 1. The average molecular weight is 310 g/mol. The molecule has 1 aromatic heterocycles. The van der Waals surface area contributed by atoms with E-state index in [-0.39, 0.29) is 11.8 Å². The van der Waals surface area contributed by atoms with E-state index in [0.29, 0.717) is 11.2 Å². The molecular weight excluding hydrogens is 294 g/mol. The van der Waals surface area contributed by atoms with E-state index in [1.54, 1.807) is 0 Å². The Balaban J connectivity index is 2.25. The van der Waals surface area contributed by atoms with E-state index >= 15 is 0 Å². The highest BCUT2D eigenvalue weighted by Gasteiger charge is 2.09. The van der Waals surface area contributed by atoms with Gasteiger partial charge in [0.15, 0.2) is 4.67 Å². The largest absolute Gasteiger partial charge is 0.454 e. The summed E-state index contributed by atoms with van der Waals surface area (Å²) in [6, 6.07) is 3.70. The van der Waals surface area contributed by atoms with E-state index in [1.165, 1.54) is 6.26 Å². The maximum absolute atomic E-state index is 11.0. The van der Waals surface area contributed by atoms with Crippen molar-refractivity contribution in [1.82, 2.24) is 5.32 Å². The van der Waals surface area contributed by atoms with Gasteiger partial charge in [-0.1, -0.05) is 0 Å². The summed E-state index contributed by atoms with van der Waals surface area (Å²) in [4.78, 5) is 0. The van der Waals surface area contributed by atoms with Gasteiger partial charge in [-0.3, -0.25) is 0 Å². The molecule has 0 saturated carbocycles. The Labute approximate surface area is 104 Å². The third-order valence-electron chi connectivity index (χ3n) is 2.05. The second-order valence-corrected chi connectivity index (χ2v) is 6.87. The first-order chi connectivity index (χ1) is 7.37. The SMILES string of the molecule is CC(CS(C)(=O)=O)NCCc1ccc(Br)o1. The molecule has 92 valence electrons. The first-order valence-electron chi connectivity index (χ1n) is 5.02. The molecule has 4 nitrogen and oxygen atoms in total. The maximum Gasteiger partial charge on any atom is 0.169 e. The monoisotopic (exact) mass is 309 g/mol. The smallest absolute Gasteiger partial charge is 0.169 e. The molecule has 0 aliphatic carbocycles. The van der Waals surface area contributed by atoms with Crippen LogP contribution in [-0.4, -0.2) is 33.0 Å². The standard InChI is InChI=1S/C10H16BrNO3S/c1-8(7-16(2,13)14)12-6-5-9-3-4-10(11)15-9/h3-4,8,12H,5-7H2,1-2H3. The molecule has 0 bridgehead atoms. The molecule has 1 aromatic rings. The average Bonchev–Trinajstić information content (AvgIpc) is 2.48. The van der Waals surface area contributed by atoms with Crippen molar-refractivity contribution < 1.29 is 12.8 Å². The fourth-order valence-electron chi connectivity index (χ4n) is 1.44. The van der Waals surface area contributed by atoms with Crippen molar-refractivity contribution in [1.29, 1.82) is 0 Å². The lowest BCUT2D eigenvalue weighted by Crippen LogP contribution is -2.33. The van der Waals surface area contributed by atoms with Crippen LogP contribution in [0.1, 0.15) is 12.7 Å². The van der Waals surface area contributed by atoms with E-state index < -0.39 is 9.84 Å². The van der Waals surface area contributed by atoms with E-state index in [9.17, 15) is 8.42 Å². The Kier molecular flexibility index (Phi) is 5.01. The molecule has 0 aliphatic heterocycles. The van der Waals surface area contributed by atoms with E-state index in [1.807, 2.05) is 19.1 Å². The van der Waals surface area contributed by atoms with Crippen LogP contribution < -0.4 is 5.32 Å². The summed E-state index contributed by atoms with van der Waals surface area (Å²) < 4.78 is 28.1. The van der Waals surface area contributed by atoms with Crippen LogP contribution in [0.5, 0.6) is 0 Å². The zero-order chi connectivity index (χ0) is 12.2. The Bertz CT molecular complexity index is 427. The molecule has 0 amide bonds. The van der Waals surface area contributed by atoms with E-state index in [4.69, 9.17) is 4.42 Å². The molecule has 1 heterocycles. The Morgan fingerprint density at radius 1 is 1.50 bits per heavy atom. The van der Waals surface area contributed by atoms with Crippen LogP contribution in [0.15, 0.2) is 21.2 Å². The number of halogens is 1. The van der Waals surface area contributed by atoms with Gasteiger partial charge in [0.1, 0.15) is 15.6 Å². The van der Waals surface area contributed by atoms with Gasteiger partial charge in [-0.15, -0.1) is 0 Å². The molecule has 1 unspecified atom stereocenters. The van der Waals surface area contributed by atoms with Gasteiger partial charge in [-0.2, -0.15) is 0 Å². The van der Waals surface area contributed by atoms with Gasteiger partial charge in [-0.25, -0.2) is 8.42 Å². The van der Waals surface area contributed by atoms with Crippen LogP contribution in [0.2, 0.25) is 0 Å². The van der Waals surface area contributed by atoms with Gasteiger partial charge in [0.25, 0.3) is 0 Å². The summed E-state index contributed by atoms with van der Waals surface area (Å²) in [6.45, 7) is 2.57. The minimum atomic E-state index is -2.91. The maximum atomic E-state index is 11.0. The van der Waals surface area contributed by atoms with Crippen molar-refractivity contribution in [3.8, 4) is 0 Å². The third kappa shape index (κ3) is 5.67. The number of hydrogen-bond acceptors (Lipinski definition) is 4. The fourth-order valence-corrected chi connectivity index (χ4v) is 2.81. The summed E-state index contributed by atoms with van der Waals surface area (Å²) in [5, 5.41) is 3.14. The van der Waals surface area contributed by atoms with Crippen molar-refractivity contribution in [2.45, 2.75) is 19.4 Å². The lowest BCUT2D eigenvalue weighted by molar-refractivity contribution is 0.472. The van der Waals surface area contributed by atoms with Crippen molar-refractivity contribution in [2.75, 3.05) is 18.6 Å². The van der Waals surface area contributed by atoms with Gasteiger partial charge in [0.2, 0.25) is 0 Å². The molecule has 0 aliphatic rings. The van der Waals surface area contributed by atoms with Gasteiger partial charge in [0, 0.05) is 25.3 Å². The van der Waals surface area contributed by atoms with Crippen LogP contribution in [-0.2, 0) is 16.3 Å². The molecular formula is C10H16BrNO3S. The van der Waals surface area contributed by atoms with Crippen LogP contribution in [0.3, 0.4) is 0 Å². The second-order valence-electron chi connectivity index (χ2n) is 3.90. The van der Waals surface area contributed by atoms with Gasteiger partial charge < -0.3 is 9.73 Å². The summed E-state index contributed by atoms with van der Waals surface area (Å²) in [7, 11) is -2.91. The Hall–Kier alpha value is -0.330. The molecule has 6 heteroatoms. The van der Waals surface area contributed by atoms with Crippen molar-refractivity contribution in [3.05, 3.63) is 22.6 Å². The predicted octanol–water partition coefficient (Wildman–Crippen LogP) is 1.61. The Morgan fingerprint density at radius 2 is 2.19 bits per heavy atom. The van der Waals surface area contributed by atoms with Crippen LogP contribution >= 0.6 is 15.9 Å². The van der Waals surface area contributed by atoms with Crippen LogP contribution in [0.25, 0.3) is 0 Å². The fraction of sp³-hybridized carbons (Fsp3) is 0.600. The first kappa shape index (κ1) is 13.7. The van der Waals surface area contributed by atoms with Gasteiger partial charge in [-0.05, 0) is 35.0 Å². The van der Waals surface area contributed by atoms with Crippen molar-refractivity contribution >= 4 is 25.8 Å². The van der Waals surface area contributed by atoms with Crippen LogP contribution in [0.4, 0.5) is 0 Å². The predicted molar refractivity (Wildman–Crippen MR) is 67.3 cm³/mol. The van der Waals surface area contributed by atoms with Gasteiger partial charge in [0.05, 0.1) is 5.75 Å². The Morgan fingerprint density at radius 3 is 2.69 bits per heavy atom. The number of furan rings is 1. The molecule has 1 N–H and O–H groups in total. The number of sulfone groups is 1. The summed E-state index contributed by atoms with van der Waals surface area (Å²) in [6.07, 6.45) is 1.99. The number of nitrogens with one attached hydrogen (secondary N) is 1. The molecule has 0 saturated heterocycles. The molecule has 0 fully saturated rings. The van der Waals surface area contributed by atoms with E-state index in [2.05, 4.69) is 21.2 Å². The topological polar surface area (TPSA) is 59.3 Å². The highest BCUT2D eigenvalue weighted by Crippen LogP contribution is 2.13. The highest BCUT2D eigenvalue weighted by atomic mass is 79.9. The molecule has 0 aromatic carbocycles. The zero-order valence-electron chi connectivity index (χ0n) is 9.36. The zero-order valence-corrected chi connectivity index (χ0v) is 11.8. The van der Waals surface area contributed by atoms with Gasteiger partial charge >= 0.3 is 0 Å². The minimum Gasteiger partial charge on any atom is -0.454 e. The van der Waals surface area contributed by atoms with Crippen LogP contribution in [0, 0.1) is 0 Å². The summed E-state index contributed by atoms with van der Waals surface area (Å²) in [5.74, 6) is 1.04. The lowest BCUT2D eigenvalue weighted by atomic mass is 10.3. The molecule has 0 radical (unpaired) electrons.